The average Bonchev–Trinajstić information content (AvgIpc) is 2.80. The number of likely N-dealkylation sites (tertiary alicyclic amines) is 1. The van der Waals surface area contributed by atoms with Crippen LogP contribution < -0.4 is 5.56 Å². The number of fused-ring (bicyclic) bond motifs is 3. The summed E-state index contributed by atoms with van der Waals surface area (Å²) in [6.07, 6.45) is 11.1. The molecule has 1 aliphatic heterocycles. The van der Waals surface area contributed by atoms with Crippen LogP contribution in [0.15, 0.2) is 11.1 Å². The van der Waals surface area contributed by atoms with Crippen LogP contribution in [-0.2, 0) is 24.2 Å². The predicted molar refractivity (Wildman–Crippen MR) is 100 cm³/mol. The third kappa shape index (κ3) is 3.36. The van der Waals surface area contributed by atoms with E-state index in [-0.39, 0.29) is 11.5 Å². The first-order valence-electron chi connectivity index (χ1n) is 9.51. The third-order valence-electron chi connectivity index (χ3n) is 5.47. The van der Waals surface area contributed by atoms with Crippen molar-refractivity contribution in [3.8, 4) is 0 Å². The van der Waals surface area contributed by atoms with Gasteiger partial charge in [-0.2, -0.15) is 0 Å². The molecule has 25 heavy (non-hydrogen) atoms. The Hall–Kier alpha value is -1.69. The highest BCUT2D eigenvalue weighted by molar-refractivity contribution is 7.18. The van der Waals surface area contributed by atoms with Crippen molar-refractivity contribution in [2.45, 2.75) is 64.3 Å². The van der Waals surface area contributed by atoms with Gasteiger partial charge in [-0.15, -0.1) is 11.3 Å². The zero-order valence-corrected chi connectivity index (χ0v) is 15.4. The molecule has 0 unspecified atom stereocenters. The lowest BCUT2D eigenvalue weighted by Crippen LogP contribution is -2.33. The molecule has 6 heteroatoms. The normalized spacial score (nSPS) is 18.2. The zero-order valence-electron chi connectivity index (χ0n) is 14.6. The van der Waals surface area contributed by atoms with Crippen molar-refractivity contribution in [1.29, 1.82) is 0 Å². The molecule has 0 aromatic carbocycles. The Morgan fingerprint density at radius 1 is 1.08 bits per heavy atom. The fourth-order valence-corrected chi connectivity index (χ4v) is 5.25. The van der Waals surface area contributed by atoms with Crippen LogP contribution in [-0.4, -0.2) is 33.4 Å². The number of carbonyl (C=O) groups excluding carboxylic acids is 1. The molecular formula is C19H25N3O2S. The Labute approximate surface area is 151 Å². The first-order valence-corrected chi connectivity index (χ1v) is 10.3. The van der Waals surface area contributed by atoms with Gasteiger partial charge < -0.3 is 4.90 Å². The maximum absolute atomic E-state index is 12.9. The molecule has 2 aromatic heterocycles. The van der Waals surface area contributed by atoms with E-state index in [1.165, 1.54) is 29.7 Å². The topological polar surface area (TPSA) is 55.2 Å². The number of hydrogen-bond donors (Lipinski definition) is 0. The molecule has 4 rings (SSSR count). The molecule has 3 heterocycles. The summed E-state index contributed by atoms with van der Waals surface area (Å²) in [5.74, 6) is 0.168. The lowest BCUT2D eigenvalue weighted by Gasteiger charge is -2.20. The minimum absolute atomic E-state index is 0.0352. The van der Waals surface area contributed by atoms with Crippen molar-refractivity contribution in [3.63, 3.8) is 0 Å². The number of amides is 1. The quantitative estimate of drug-likeness (QED) is 0.846. The largest absolute Gasteiger partial charge is 0.343 e. The van der Waals surface area contributed by atoms with Crippen LogP contribution in [0.25, 0.3) is 10.2 Å². The summed E-state index contributed by atoms with van der Waals surface area (Å²) in [5, 5.41) is 0.810. The van der Waals surface area contributed by atoms with Gasteiger partial charge in [0, 0.05) is 30.9 Å². The molecule has 1 aliphatic carbocycles. The fourth-order valence-electron chi connectivity index (χ4n) is 4.03. The average molecular weight is 359 g/mol. The van der Waals surface area contributed by atoms with Gasteiger partial charge in [0.15, 0.2) is 0 Å². The summed E-state index contributed by atoms with van der Waals surface area (Å²) < 4.78 is 1.64. The monoisotopic (exact) mass is 359 g/mol. The summed E-state index contributed by atoms with van der Waals surface area (Å²) in [7, 11) is 0. The lowest BCUT2D eigenvalue weighted by molar-refractivity contribution is -0.131. The second kappa shape index (κ2) is 7.28. The van der Waals surface area contributed by atoms with Gasteiger partial charge in [-0.05, 0) is 44.1 Å². The maximum Gasteiger partial charge on any atom is 0.262 e. The maximum atomic E-state index is 12.9. The summed E-state index contributed by atoms with van der Waals surface area (Å²) in [4.78, 5) is 34.1. The third-order valence-corrected chi connectivity index (χ3v) is 6.67. The van der Waals surface area contributed by atoms with Crippen molar-refractivity contribution >= 4 is 27.5 Å². The van der Waals surface area contributed by atoms with E-state index >= 15 is 0 Å². The van der Waals surface area contributed by atoms with Crippen LogP contribution in [0.3, 0.4) is 0 Å². The van der Waals surface area contributed by atoms with E-state index < -0.39 is 0 Å². The van der Waals surface area contributed by atoms with Crippen molar-refractivity contribution in [2.24, 2.45) is 0 Å². The van der Waals surface area contributed by atoms with Gasteiger partial charge in [0.05, 0.1) is 11.7 Å². The van der Waals surface area contributed by atoms with Crippen LogP contribution in [0.1, 0.15) is 55.4 Å². The number of rotatable bonds is 3. The number of nitrogens with zero attached hydrogens (tertiary/aromatic N) is 3. The molecule has 1 saturated heterocycles. The first kappa shape index (κ1) is 16.8. The Morgan fingerprint density at radius 3 is 2.64 bits per heavy atom. The first-order chi connectivity index (χ1) is 12.2. The Morgan fingerprint density at radius 2 is 1.84 bits per heavy atom. The second-order valence-corrected chi connectivity index (χ2v) is 8.26. The molecular weight excluding hydrogens is 334 g/mol. The number of aromatic nitrogens is 2. The van der Waals surface area contributed by atoms with Crippen LogP contribution in [0.2, 0.25) is 0 Å². The van der Waals surface area contributed by atoms with Gasteiger partial charge in [0.2, 0.25) is 5.91 Å². The standard InChI is InChI=1S/C19H25N3O2S/c23-16(21-10-5-1-2-6-11-21)9-12-22-13-20-18-17(19(22)24)14-7-3-4-8-15(14)25-18/h13H,1-12H2. The van der Waals surface area contributed by atoms with Crippen molar-refractivity contribution in [3.05, 3.63) is 27.1 Å². The van der Waals surface area contributed by atoms with E-state index in [4.69, 9.17) is 0 Å². The molecule has 0 bridgehead atoms. The van der Waals surface area contributed by atoms with E-state index in [2.05, 4.69) is 4.98 Å². The van der Waals surface area contributed by atoms with Gasteiger partial charge in [0.25, 0.3) is 5.56 Å². The van der Waals surface area contributed by atoms with Gasteiger partial charge >= 0.3 is 0 Å². The molecule has 1 amide bonds. The summed E-state index contributed by atoms with van der Waals surface area (Å²) in [5.41, 5.74) is 1.25. The van der Waals surface area contributed by atoms with Gasteiger partial charge in [-0.25, -0.2) is 4.98 Å². The second-order valence-electron chi connectivity index (χ2n) is 7.18. The number of hydrogen-bond acceptors (Lipinski definition) is 4. The minimum atomic E-state index is 0.0352. The van der Waals surface area contributed by atoms with Crippen LogP contribution >= 0.6 is 11.3 Å². The number of carbonyl (C=O) groups is 1. The van der Waals surface area contributed by atoms with Crippen molar-refractivity contribution in [1.82, 2.24) is 14.5 Å². The van der Waals surface area contributed by atoms with E-state index in [0.717, 1.165) is 55.4 Å². The highest BCUT2D eigenvalue weighted by atomic mass is 32.1. The summed E-state index contributed by atoms with van der Waals surface area (Å²) in [6, 6.07) is 0. The molecule has 0 atom stereocenters. The fraction of sp³-hybridized carbons (Fsp3) is 0.632. The van der Waals surface area contributed by atoms with Crippen LogP contribution in [0.5, 0.6) is 0 Å². The van der Waals surface area contributed by atoms with E-state index in [0.29, 0.717) is 13.0 Å². The van der Waals surface area contributed by atoms with Gasteiger partial charge in [-0.1, -0.05) is 12.8 Å². The predicted octanol–water partition coefficient (Wildman–Crippen LogP) is 3.13. The molecule has 1 fully saturated rings. The molecule has 2 aromatic rings. The zero-order chi connectivity index (χ0) is 17.2. The highest BCUT2D eigenvalue weighted by Gasteiger charge is 2.20. The molecule has 0 radical (unpaired) electrons. The van der Waals surface area contributed by atoms with Crippen LogP contribution in [0.4, 0.5) is 0 Å². The molecule has 0 spiro atoms. The SMILES string of the molecule is O=C(CCn1cnc2sc3c(c2c1=O)CCCC3)N1CCCCCC1. The Bertz CT molecular complexity index is 831. The van der Waals surface area contributed by atoms with Crippen molar-refractivity contribution < 1.29 is 4.79 Å². The minimum Gasteiger partial charge on any atom is -0.343 e. The number of thiophene rings is 1. The summed E-state index contributed by atoms with van der Waals surface area (Å²) >= 11 is 1.67. The van der Waals surface area contributed by atoms with E-state index in [1.54, 1.807) is 22.2 Å². The Kier molecular flexibility index (Phi) is 4.88. The van der Waals surface area contributed by atoms with Gasteiger partial charge in [0.1, 0.15) is 4.83 Å². The Balaban J connectivity index is 1.52. The molecule has 2 aliphatic rings. The molecule has 134 valence electrons. The number of aryl methyl sites for hydroxylation is 3. The van der Waals surface area contributed by atoms with Crippen LogP contribution in [0, 0.1) is 0 Å². The molecule has 0 saturated carbocycles. The van der Waals surface area contributed by atoms with Crippen molar-refractivity contribution in [2.75, 3.05) is 13.1 Å². The highest BCUT2D eigenvalue weighted by Crippen LogP contribution is 2.33. The summed E-state index contributed by atoms with van der Waals surface area (Å²) in [6.45, 7) is 2.16. The molecule has 5 nitrogen and oxygen atoms in total. The van der Waals surface area contributed by atoms with E-state index in [1.807, 2.05) is 4.90 Å². The smallest absolute Gasteiger partial charge is 0.262 e. The van der Waals surface area contributed by atoms with Gasteiger partial charge in [-0.3, -0.25) is 14.2 Å². The lowest BCUT2D eigenvalue weighted by atomic mass is 9.97. The van der Waals surface area contributed by atoms with E-state index in [9.17, 15) is 9.59 Å². The molecule has 0 N–H and O–H groups in total.